The van der Waals surface area contributed by atoms with E-state index in [1.54, 1.807) is 73.1 Å². The Balaban J connectivity index is 0.557. The van der Waals surface area contributed by atoms with Gasteiger partial charge in [0.05, 0.1) is 173 Å². The quantitative estimate of drug-likeness (QED) is 0.0259. The molecule has 3 aromatic rings. The van der Waals surface area contributed by atoms with Gasteiger partial charge in [0.2, 0.25) is 35.4 Å². The number of hydrogen-bond acceptors (Lipinski definition) is 25. The molecule has 2 fully saturated rings. The van der Waals surface area contributed by atoms with Crippen LogP contribution in [0.1, 0.15) is 255 Å². The molecule has 734 valence electrons. The largest absolute Gasteiger partial charge is 0.493 e. The molecule has 1 aliphatic carbocycles. The van der Waals surface area contributed by atoms with Crippen LogP contribution in [0.5, 0.6) is 23.0 Å². The van der Waals surface area contributed by atoms with Crippen LogP contribution in [-0.2, 0) is 78.0 Å². The number of ether oxygens (including phenoxy) is 13. The van der Waals surface area contributed by atoms with E-state index in [2.05, 4.69) is 42.0 Å². The summed E-state index contributed by atoms with van der Waals surface area (Å²) in [6.07, 6.45) is 30.8. The number of aliphatic hydroxyl groups excluding tert-OH is 1. The summed E-state index contributed by atoms with van der Waals surface area (Å²) in [4.78, 5) is 132. The number of amides is 9. The Kier molecular flexibility index (Phi) is 47.4. The maximum atomic E-state index is 14.3. The Bertz CT molecular complexity index is 4190. The van der Waals surface area contributed by atoms with E-state index >= 15 is 0 Å². The molecule has 9 amide bonds. The fraction of sp³-hybridized carbons (Fsp3) is 0.677. The Morgan fingerprint density at radius 1 is 0.568 bits per heavy atom. The summed E-state index contributed by atoms with van der Waals surface area (Å²) in [5.74, 6) is -0.919. The summed E-state index contributed by atoms with van der Waals surface area (Å²) in [5, 5.41) is 22.7. The van der Waals surface area contributed by atoms with Crippen molar-refractivity contribution in [2.24, 2.45) is 16.8 Å². The number of likely N-dealkylation sites (tertiary alicyclic amines) is 1. The van der Waals surface area contributed by atoms with Gasteiger partial charge in [-0.15, -0.1) is 11.8 Å². The molecule has 5 heterocycles. The molecule has 0 bridgehead atoms. The summed E-state index contributed by atoms with van der Waals surface area (Å²) in [6.45, 7) is 19.7. The summed E-state index contributed by atoms with van der Waals surface area (Å²) in [7, 11) is 2.99. The number of aliphatic imine (C=N–C) groups is 1. The lowest BCUT2D eigenvalue weighted by Gasteiger charge is -2.36. The van der Waals surface area contributed by atoms with Gasteiger partial charge in [0.25, 0.3) is 11.8 Å². The van der Waals surface area contributed by atoms with Crippen LogP contribution < -0.4 is 45.1 Å². The number of methoxy groups -OCH3 is 2. The van der Waals surface area contributed by atoms with Crippen molar-refractivity contribution >= 4 is 88.4 Å². The monoisotopic (exact) mass is 1860 g/mol. The van der Waals surface area contributed by atoms with E-state index in [1.807, 2.05) is 19.3 Å². The van der Waals surface area contributed by atoms with Gasteiger partial charge in [0, 0.05) is 73.5 Å². The van der Waals surface area contributed by atoms with E-state index in [1.165, 1.54) is 132 Å². The number of unbranched alkanes of at least 4 members (excludes halogenated alkanes) is 4. The van der Waals surface area contributed by atoms with Crippen LogP contribution in [0.25, 0.3) is 0 Å². The Hall–Kier alpha value is -8.77. The third kappa shape index (κ3) is 34.5. The van der Waals surface area contributed by atoms with Gasteiger partial charge in [0.1, 0.15) is 18.7 Å². The highest BCUT2D eigenvalue weighted by Gasteiger charge is 2.47. The van der Waals surface area contributed by atoms with E-state index in [9.17, 15) is 48.3 Å². The van der Waals surface area contributed by atoms with E-state index < -0.39 is 59.3 Å². The fourth-order valence-electron chi connectivity index (χ4n) is 17.1. The van der Waals surface area contributed by atoms with Gasteiger partial charge in [-0.3, -0.25) is 48.2 Å². The van der Waals surface area contributed by atoms with Gasteiger partial charge < -0.3 is 97.8 Å². The number of carbonyl (C=O) groups excluding carboxylic acids is 9. The summed E-state index contributed by atoms with van der Waals surface area (Å²) < 4.78 is 74.4. The number of anilines is 2. The first kappa shape index (κ1) is 107. The van der Waals surface area contributed by atoms with E-state index in [0.717, 1.165) is 61.8 Å². The van der Waals surface area contributed by atoms with Gasteiger partial charge in [-0.2, -0.15) is 0 Å². The molecule has 33 heteroatoms. The number of hydrogen-bond donors (Lipinski definition) is 5. The number of carbonyl (C=O) groups is 9. The van der Waals surface area contributed by atoms with Crippen LogP contribution in [0.2, 0.25) is 0 Å². The topological polar surface area (TPSA) is 367 Å². The van der Waals surface area contributed by atoms with Gasteiger partial charge in [-0.25, -0.2) is 9.69 Å². The molecule has 0 spiro atoms. The lowest BCUT2D eigenvalue weighted by Crippen LogP contribution is -2.53. The second kappa shape index (κ2) is 58.5. The normalized spacial score (nSPS) is 18.4. The van der Waals surface area contributed by atoms with Crippen molar-refractivity contribution in [3.05, 3.63) is 88.8 Å². The second-order valence-corrected chi connectivity index (χ2v) is 36.8. The molecular weight excluding hydrogens is 1720 g/mol. The van der Waals surface area contributed by atoms with Crippen LogP contribution in [-0.4, -0.2) is 266 Å². The van der Waals surface area contributed by atoms with Crippen LogP contribution in [0.3, 0.4) is 0 Å². The lowest BCUT2D eigenvalue weighted by molar-refractivity contribution is -0.138. The molecule has 0 radical (unpaired) electrons. The minimum absolute atomic E-state index is 0.0143. The van der Waals surface area contributed by atoms with Crippen molar-refractivity contribution in [2.45, 2.75) is 275 Å². The number of thioether (sulfide) groups is 1. The van der Waals surface area contributed by atoms with Crippen molar-refractivity contribution in [2.75, 3.05) is 156 Å². The van der Waals surface area contributed by atoms with Crippen molar-refractivity contribution in [1.29, 1.82) is 0 Å². The van der Waals surface area contributed by atoms with E-state index in [4.69, 9.17) is 66.6 Å². The molecule has 6 atom stereocenters. The third-order valence-corrected chi connectivity index (χ3v) is 26.7. The van der Waals surface area contributed by atoms with E-state index in [-0.39, 0.29) is 122 Å². The number of rotatable bonds is 58. The highest BCUT2D eigenvalue weighted by atomic mass is 32.2. The lowest BCUT2D eigenvalue weighted by atomic mass is 9.83. The summed E-state index contributed by atoms with van der Waals surface area (Å²) in [5.41, 5.74) is 4.11. The van der Waals surface area contributed by atoms with Gasteiger partial charge in [-0.05, 0) is 120 Å². The standard InChI is InChI=1S/C99H149N9O23S/c1-10-13-24-31-75-59-77-66-101-80-62-85(83(119-8)60-78(80)94(114)106(77)68-75)129-40-27-23-28-41-130-86-63-81-79(61-84(86)120-9)95(115)107-67-71(6)58-82(107)96(116)108(81)98(118)131-69-74-32-34-76(35-33-74)103-92(112)72(7)102-93(113)91(70(4)5)104-89(110)37-42-121-44-46-123-48-50-125-52-54-127-56-57-128-55-53-126-51-49-124-47-45-122-43-38-100-88(109)36-39-105-90(111)64-87(97(105)117)132-99(11-2,12-3)65-73-29-25-21-19-17-15-14-16-18-20-22-26-30-73/h32-35,60-63,66-68,70,72-73,77,82,87,91,96,116H,10-31,36-59,64-65,69H2,1-9H3,(H,100,109)(H,102,113)(H,103,112)(H,104,110)/t72-,77-,82-,87?,91-,96-/m0/s1. The molecule has 1 saturated heterocycles. The first-order chi connectivity index (χ1) is 64.1. The minimum Gasteiger partial charge on any atom is -0.493 e. The predicted molar refractivity (Wildman–Crippen MR) is 505 cm³/mol. The smallest absolute Gasteiger partial charge is 0.416 e. The molecule has 6 aliphatic rings. The van der Waals surface area contributed by atoms with Crippen LogP contribution in [0, 0.1) is 11.8 Å². The van der Waals surface area contributed by atoms with Crippen molar-refractivity contribution < 1.29 is 110 Å². The Labute approximate surface area is 785 Å². The molecule has 5 N–H and O–H groups in total. The minimum atomic E-state index is -1.53. The number of fused-ring (bicyclic) bond motifs is 4. The number of imide groups is 1. The number of nitrogens with one attached hydrogen (secondary N) is 4. The average molecular weight is 1870 g/mol. The molecule has 5 aliphatic heterocycles. The maximum Gasteiger partial charge on any atom is 0.416 e. The van der Waals surface area contributed by atoms with Crippen LogP contribution >= 0.6 is 11.8 Å². The predicted octanol–water partition coefficient (Wildman–Crippen LogP) is 14.4. The highest BCUT2D eigenvalue weighted by molar-refractivity contribution is 8.02. The fourth-order valence-corrected chi connectivity index (χ4v) is 18.8. The van der Waals surface area contributed by atoms with Gasteiger partial charge in [-0.1, -0.05) is 154 Å². The molecular formula is C99H149N9O23S. The SMILES string of the molecule is CCCCCC1=CN2C(=O)c3cc(OC)c(OCCCCCOc4cc5c(cc4OC)C(=O)N4C=C(C)C[C@H]4[C@H](O)N5C(=O)OCc4ccc(NC(=O)[C@H](C)NC(=O)[C@@H](NC(=O)CCOCCOCCOCCOCCOCCOCCOCCOCCNC(=O)CCN5C(=O)CC(SC(CC)(CC)CC6CCCCCCCCCCCCC6)C5=O)C(C)C)cc4)cc3N=C[C@@H]2C1. The van der Waals surface area contributed by atoms with Crippen molar-refractivity contribution in [3.8, 4) is 23.0 Å². The molecule has 1 unspecified atom stereocenters. The molecule has 32 nitrogen and oxygen atoms in total. The number of benzene rings is 3. The molecule has 3 aromatic carbocycles. The van der Waals surface area contributed by atoms with Crippen LogP contribution in [0.4, 0.5) is 21.9 Å². The highest BCUT2D eigenvalue weighted by Crippen LogP contribution is 2.47. The third-order valence-electron chi connectivity index (χ3n) is 24.8. The number of nitrogens with zero attached hydrogens (tertiary/aromatic N) is 5. The molecule has 9 rings (SSSR count). The molecule has 1 saturated carbocycles. The zero-order valence-corrected chi connectivity index (χ0v) is 80.5. The number of aliphatic hydroxyl groups is 1. The average Bonchev–Trinajstić information content (AvgIpc) is 1.59. The second-order valence-electron chi connectivity index (χ2n) is 35.2. The first-order valence-corrected chi connectivity index (χ1v) is 49.3. The summed E-state index contributed by atoms with van der Waals surface area (Å²) in [6, 6.07) is 10.0. The zero-order chi connectivity index (χ0) is 94.4. The van der Waals surface area contributed by atoms with Crippen molar-refractivity contribution in [1.82, 2.24) is 30.7 Å². The Morgan fingerprint density at radius 2 is 1.11 bits per heavy atom. The maximum absolute atomic E-state index is 14.3. The van der Waals surface area contributed by atoms with Crippen molar-refractivity contribution in [3.63, 3.8) is 0 Å². The van der Waals surface area contributed by atoms with Gasteiger partial charge in [0.15, 0.2) is 29.2 Å². The zero-order valence-electron chi connectivity index (χ0n) is 79.7. The van der Waals surface area contributed by atoms with Crippen LogP contribution in [0.15, 0.2) is 77.1 Å². The van der Waals surface area contributed by atoms with Gasteiger partial charge >= 0.3 is 6.09 Å². The molecule has 0 aromatic heterocycles. The van der Waals surface area contributed by atoms with E-state index in [0.29, 0.717) is 165 Å². The molecule has 132 heavy (non-hydrogen) atoms. The summed E-state index contributed by atoms with van der Waals surface area (Å²) >= 11 is 1.73. The first-order valence-electron chi connectivity index (χ1n) is 48.4. The Morgan fingerprint density at radius 3 is 1.67 bits per heavy atom.